The fraction of sp³-hybridized carbons (Fsp3) is 0.750. The minimum atomic E-state index is -0.824. The number of carbonyl (C=O) groups is 3. The Kier molecular flexibility index (Phi) is 16.1. The molecule has 0 bridgehead atoms. The number of hydrogen-bond donors (Lipinski definition) is 1. The van der Waals surface area contributed by atoms with Crippen LogP contribution in [0.3, 0.4) is 0 Å². The highest BCUT2D eigenvalue weighted by Gasteiger charge is 2.32. The van der Waals surface area contributed by atoms with Crippen molar-refractivity contribution in [2.45, 2.75) is 123 Å². The minimum Gasteiger partial charge on any atom is -0.481 e. The molecule has 0 spiro atoms. The maximum atomic E-state index is 11.7. The van der Waals surface area contributed by atoms with Gasteiger partial charge in [0.25, 0.3) is 0 Å². The Morgan fingerprint density at radius 3 is 2.24 bits per heavy atom. The molecule has 2 unspecified atom stereocenters. The van der Waals surface area contributed by atoms with Crippen LogP contribution in [0.4, 0.5) is 0 Å². The number of carbonyl (C=O) groups excluding carboxylic acids is 2. The minimum absolute atomic E-state index is 0.0872. The Labute approximate surface area is 206 Å². The van der Waals surface area contributed by atoms with Crippen molar-refractivity contribution in [1.82, 2.24) is 0 Å². The van der Waals surface area contributed by atoms with Gasteiger partial charge in [-0.25, -0.2) is 0 Å². The van der Waals surface area contributed by atoms with Crippen LogP contribution in [-0.2, 0) is 23.9 Å². The topological polar surface area (TPSA) is 89.9 Å². The van der Waals surface area contributed by atoms with E-state index >= 15 is 0 Å². The van der Waals surface area contributed by atoms with Crippen molar-refractivity contribution < 1.29 is 29.0 Å². The molecule has 0 radical (unpaired) electrons. The number of allylic oxidation sites excluding steroid dienone is 3. The first kappa shape index (κ1) is 29.9. The number of carboxylic acids is 1. The van der Waals surface area contributed by atoms with Gasteiger partial charge in [-0.2, -0.15) is 0 Å². The SMILES string of the molecule is CCCCCCCCC(C=CC=C[C@@H]1CCCC[C@H]1C(CCCC(=O)O)OC(C)=O)OC(C)=O. The standard InChI is InChI=1S/C28H46O6/c1-4-5-6-7-8-9-17-25(33-22(2)29)18-12-10-15-24-16-11-13-19-26(24)27(34-23(3)30)20-14-21-28(31)32/h10,12,15,18,24-27H,4-9,11,13-14,16-17,19-21H2,1-3H3,(H,31,32)/t24-,25?,26-,27?/m1/s1. The first-order valence-corrected chi connectivity index (χ1v) is 13.2. The van der Waals surface area contributed by atoms with Gasteiger partial charge in [0.15, 0.2) is 0 Å². The van der Waals surface area contributed by atoms with Crippen LogP contribution in [0.5, 0.6) is 0 Å². The van der Waals surface area contributed by atoms with Gasteiger partial charge in [0.2, 0.25) is 0 Å². The molecule has 194 valence electrons. The van der Waals surface area contributed by atoms with Crippen molar-refractivity contribution in [3.05, 3.63) is 24.3 Å². The van der Waals surface area contributed by atoms with E-state index in [0.717, 1.165) is 44.9 Å². The van der Waals surface area contributed by atoms with E-state index in [4.69, 9.17) is 14.6 Å². The van der Waals surface area contributed by atoms with Crippen molar-refractivity contribution >= 4 is 17.9 Å². The third-order valence-electron chi connectivity index (χ3n) is 6.50. The zero-order valence-corrected chi connectivity index (χ0v) is 21.5. The van der Waals surface area contributed by atoms with Gasteiger partial charge in [0.05, 0.1) is 0 Å². The van der Waals surface area contributed by atoms with E-state index < -0.39 is 5.97 Å². The molecule has 0 aliphatic heterocycles. The van der Waals surface area contributed by atoms with E-state index in [-0.39, 0.29) is 42.4 Å². The normalized spacial score (nSPS) is 20.3. The van der Waals surface area contributed by atoms with Gasteiger partial charge in [-0.3, -0.25) is 14.4 Å². The van der Waals surface area contributed by atoms with Gasteiger partial charge >= 0.3 is 17.9 Å². The van der Waals surface area contributed by atoms with Gasteiger partial charge < -0.3 is 14.6 Å². The summed E-state index contributed by atoms with van der Waals surface area (Å²) in [5.74, 6) is -0.924. The fourth-order valence-corrected chi connectivity index (χ4v) is 4.85. The molecule has 6 heteroatoms. The van der Waals surface area contributed by atoms with Crippen LogP contribution < -0.4 is 0 Å². The summed E-state index contributed by atoms with van der Waals surface area (Å²) in [6.45, 7) is 5.07. The molecule has 0 amide bonds. The molecule has 4 atom stereocenters. The van der Waals surface area contributed by atoms with E-state index in [1.807, 2.05) is 18.2 Å². The smallest absolute Gasteiger partial charge is 0.303 e. The van der Waals surface area contributed by atoms with E-state index in [1.54, 1.807) is 0 Å². The van der Waals surface area contributed by atoms with Crippen LogP contribution in [0.25, 0.3) is 0 Å². The van der Waals surface area contributed by atoms with Gasteiger partial charge in [0.1, 0.15) is 12.2 Å². The van der Waals surface area contributed by atoms with Crippen molar-refractivity contribution in [3.63, 3.8) is 0 Å². The van der Waals surface area contributed by atoms with E-state index in [0.29, 0.717) is 12.8 Å². The summed E-state index contributed by atoms with van der Waals surface area (Å²) < 4.78 is 11.1. The third kappa shape index (κ3) is 14.2. The van der Waals surface area contributed by atoms with Crippen molar-refractivity contribution in [2.75, 3.05) is 0 Å². The highest BCUT2D eigenvalue weighted by atomic mass is 16.5. The summed E-state index contributed by atoms with van der Waals surface area (Å²) in [5.41, 5.74) is 0. The molecule has 0 heterocycles. The quantitative estimate of drug-likeness (QED) is 0.141. The molecule has 1 saturated carbocycles. The lowest BCUT2D eigenvalue weighted by Crippen LogP contribution is -2.33. The predicted molar refractivity (Wildman–Crippen MR) is 134 cm³/mol. The number of hydrogen-bond acceptors (Lipinski definition) is 5. The summed E-state index contributed by atoms with van der Waals surface area (Å²) in [7, 11) is 0. The Morgan fingerprint density at radius 1 is 0.882 bits per heavy atom. The van der Waals surface area contributed by atoms with E-state index in [2.05, 4.69) is 13.0 Å². The predicted octanol–water partition coefficient (Wildman–Crippen LogP) is 6.77. The Balaban J connectivity index is 2.69. The molecule has 1 fully saturated rings. The number of unbranched alkanes of at least 4 members (excludes halogenated alkanes) is 5. The summed E-state index contributed by atoms with van der Waals surface area (Å²) in [6.07, 6.45) is 21.1. The number of esters is 2. The number of aliphatic carboxylic acids is 1. The first-order chi connectivity index (χ1) is 16.3. The second kappa shape index (κ2) is 18.2. The molecule has 1 rings (SSSR count). The molecule has 0 saturated heterocycles. The molecule has 0 aromatic heterocycles. The Morgan fingerprint density at radius 2 is 1.56 bits per heavy atom. The monoisotopic (exact) mass is 478 g/mol. The molecule has 6 nitrogen and oxygen atoms in total. The van der Waals surface area contributed by atoms with Gasteiger partial charge in [-0.15, -0.1) is 0 Å². The molecule has 1 aliphatic rings. The molecule has 1 N–H and O–H groups in total. The van der Waals surface area contributed by atoms with E-state index in [9.17, 15) is 14.4 Å². The van der Waals surface area contributed by atoms with Crippen LogP contribution >= 0.6 is 0 Å². The largest absolute Gasteiger partial charge is 0.481 e. The van der Waals surface area contributed by atoms with Crippen LogP contribution in [0, 0.1) is 11.8 Å². The summed E-state index contributed by atoms with van der Waals surface area (Å²) in [4.78, 5) is 34.1. The summed E-state index contributed by atoms with van der Waals surface area (Å²) in [6, 6.07) is 0. The van der Waals surface area contributed by atoms with Gasteiger partial charge in [-0.1, -0.05) is 70.1 Å². The molecule has 34 heavy (non-hydrogen) atoms. The zero-order valence-electron chi connectivity index (χ0n) is 21.5. The van der Waals surface area contributed by atoms with Crippen LogP contribution in [0.1, 0.15) is 111 Å². The van der Waals surface area contributed by atoms with Crippen LogP contribution in [0.2, 0.25) is 0 Å². The average Bonchev–Trinajstić information content (AvgIpc) is 2.77. The Bertz CT molecular complexity index is 653. The van der Waals surface area contributed by atoms with Crippen molar-refractivity contribution in [3.8, 4) is 0 Å². The van der Waals surface area contributed by atoms with Crippen molar-refractivity contribution in [1.29, 1.82) is 0 Å². The zero-order chi connectivity index (χ0) is 25.2. The van der Waals surface area contributed by atoms with Crippen molar-refractivity contribution in [2.24, 2.45) is 11.8 Å². The lowest BCUT2D eigenvalue weighted by molar-refractivity contribution is -0.151. The summed E-state index contributed by atoms with van der Waals surface area (Å²) >= 11 is 0. The fourth-order valence-electron chi connectivity index (χ4n) is 4.85. The molecule has 0 aromatic carbocycles. The number of rotatable bonds is 17. The second-order valence-corrected chi connectivity index (χ2v) is 9.52. The maximum Gasteiger partial charge on any atom is 0.303 e. The highest BCUT2D eigenvalue weighted by molar-refractivity contribution is 5.67. The third-order valence-corrected chi connectivity index (χ3v) is 6.50. The van der Waals surface area contributed by atoms with Crippen LogP contribution in [-0.4, -0.2) is 35.2 Å². The van der Waals surface area contributed by atoms with Crippen LogP contribution in [0.15, 0.2) is 24.3 Å². The van der Waals surface area contributed by atoms with Gasteiger partial charge in [-0.05, 0) is 50.5 Å². The summed E-state index contributed by atoms with van der Waals surface area (Å²) in [5, 5.41) is 8.96. The van der Waals surface area contributed by atoms with E-state index in [1.165, 1.54) is 39.5 Å². The number of ether oxygens (including phenoxy) is 2. The number of carboxylic acid groups (broad SMARTS) is 1. The highest BCUT2D eigenvalue weighted by Crippen LogP contribution is 2.36. The van der Waals surface area contributed by atoms with Gasteiger partial charge in [0, 0.05) is 26.2 Å². The molecular weight excluding hydrogens is 432 g/mol. The second-order valence-electron chi connectivity index (χ2n) is 9.52. The molecule has 0 aromatic rings. The molecule has 1 aliphatic carbocycles. The average molecular weight is 479 g/mol. The lowest BCUT2D eigenvalue weighted by Gasteiger charge is -2.35. The lowest BCUT2D eigenvalue weighted by atomic mass is 9.75. The molecular formula is C28H46O6. The maximum absolute atomic E-state index is 11.7. The first-order valence-electron chi connectivity index (χ1n) is 13.2. The Hall–Kier alpha value is -2.11.